The van der Waals surface area contributed by atoms with Crippen LogP contribution in [0.5, 0.6) is 11.6 Å². The molecule has 3 aromatic rings. The van der Waals surface area contributed by atoms with Crippen LogP contribution in [-0.4, -0.2) is 46.9 Å². The van der Waals surface area contributed by atoms with Crippen LogP contribution in [0.4, 0.5) is 0 Å². The molecule has 8 heteroatoms. The van der Waals surface area contributed by atoms with E-state index in [0.29, 0.717) is 17.7 Å². The summed E-state index contributed by atoms with van der Waals surface area (Å²) in [6, 6.07) is 17.8. The molecule has 1 aliphatic carbocycles. The van der Waals surface area contributed by atoms with Crippen molar-refractivity contribution in [3.8, 4) is 11.6 Å². The Morgan fingerprint density at radius 3 is 2.64 bits per heavy atom. The fourth-order valence-corrected chi connectivity index (χ4v) is 6.35. The Kier molecular flexibility index (Phi) is 6.58. The zero-order valence-electron chi connectivity index (χ0n) is 20.7. The quantitative estimate of drug-likeness (QED) is 0.377. The first-order valence-corrected chi connectivity index (χ1v) is 13.2. The number of aromatic nitrogens is 1. The van der Waals surface area contributed by atoms with Crippen LogP contribution >= 0.6 is 27.5 Å². The number of halogens is 2. The number of aliphatic hydroxyl groups excluding tert-OH is 1. The van der Waals surface area contributed by atoms with Crippen molar-refractivity contribution < 1.29 is 19.7 Å². The number of aliphatic hydroxyl groups is 2. The number of hydrogen-bond donors (Lipinski definition) is 2. The summed E-state index contributed by atoms with van der Waals surface area (Å²) in [5.74, 6) is 0.135. The third-order valence-corrected chi connectivity index (χ3v) is 8.71. The Bertz CT molecular complexity index is 1290. The van der Waals surface area contributed by atoms with E-state index in [9.17, 15) is 10.2 Å². The van der Waals surface area contributed by atoms with E-state index in [-0.39, 0.29) is 23.0 Å². The van der Waals surface area contributed by atoms with Crippen molar-refractivity contribution in [2.75, 3.05) is 20.7 Å². The third-order valence-electron chi connectivity index (χ3n) is 7.99. The molecule has 1 fully saturated rings. The topological polar surface area (TPSA) is 75.1 Å². The summed E-state index contributed by atoms with van der Waals surface area (Å²) in [7, 11) is 3.56. The summed E-state index contributed by atoms with van der Waals surface area (Å²) < 4.78 is 13.2. The molecule has 190 valence electrons. The molecule has 2 aromatic carbocycles. The number of hydrogen-bond acceptors (Lipinski definition) is 6. The summed E-state index contributed by atoms with van der Waals surface area (Å²) in [5.41, 5.74) is 0.0630. The van der Waals surface area contributed by atoms with Crippen molar-refractivity contribution in [1.29, 1.82) is 0 Å². The fourth-order valence-electron chi connectivity index (χ4n) is 5.91. The smallest absolute Gasteiger partial charge is 0.224 e. The lowest BCUT2D eigenvalue weighted by Crippen LogP contribution is -2.52. The van der Waals surface area contributed by atoms with Gasteiger partial charge in [0.15, 0.2) is 11.2 Å². The average Bonchev–Trinajstić information content (AvgIpc) is 3.27. The van der Waals surface area contributed by atoms with E-state index >= 15 is 0 Å². The molecule has 2 N–H and O–H groups in total. The van der Waals surface area contributed by atoms with Crippen LogP contribution in [-0.2, 0) is 11.2 Å². The van der Waals surface area contributed by atoms with Gasteiger partial charge >= 0.3 is 0 Å². The molecule has 1 saturated carbocycles. The molecule has 2 heterocycles. The highest BCUT2D eigenvalue weighted by Crippen LogP contribution is 2.68. The average molecular weight is 574 g/mol. The maximum absolute atomic E-state index is 12.5. The van der Waals surface area contributed by atoms with Crippen molar-refractivity contribution in [2.24, 2.45) is 0 Å². The molecule has 2 aliphatic rings. The van der Waals surface area contributed by atoms with E-state index in [1.165, 1.54) is 7.11 Å². The van der Waals surface area contributed by atoms with E-state index in [4.69, 9.17) is 21.1 Å². The van der Waals surface area contributed by atoms with Crippen LogP contribution in [0.1, 0.15) is 54.5 Å². The minimum Gasteiger partial charge on any atom is -0.481 e. The zero-order chi connectivity index (χ0) is 25.8. The van der Waals surface area contributed by atoms with Gasteiger partial charge in [-0.2, -0.15) is 0 Å². The second-order valence-corrected chi connectivity index (χ2v) is 11.0. The first kappa shape index (κ1) is 25.5. The highest BCUT2D eigenvalue weighted by Gasteiger charge is 2.73. The predicted octanol–water partition coefficient (Wildman–Crippen LogP) is 5.54. The maximum atomic E-state index is 12.5. The van der Waals surface area contributed by atoms with Gasteiger partial charge in [-0.05, 0) is 55.8 Å². The van der Waals surface area contributed by atoms with Gasteiger partial charge in [-0.3, -0.25) is 4.90 Å². The molecule has 5 rings (SSSR count). The second-order valence-electron chi connectivity index (χ2n) is 9.66. The van der Waals surface area contributed by atoms with Gasteiger partial charge in [-0.15, -0.1) is 0 Å². The van der Waals surface area contributed by atoms with Crippen LogP contribution in [0.2, 0.25) is 5.15 Å². The zero-order valence-corrected chi connectivity index (χ0v) is 23.0. The summed E-state index contributed by atoms with van der Waals surface area (Å²) in [5, 5.41) is 24.2. The minimum absolute atomic E-state index is 0.144. The van der Waals surface area contributed by atoms with E-state index < -0.39 is 17.3 Å². The molecule has 5 atom stereocenters. The molecule has 36 heavy (non-hydrogen) atoms. The summed E-state index contributed by atoms with van der Waals surface area (Å²) >= 11 is 9.80. The highest BCUT2D eigenvalue weighted by atomic mass is 79.9. The minimum atomic E-state index is -1.81. The number of fused-ring (bicyclic) bond motifs is 3. The Balaban J connectivity index is 1.75. The van der Waals surface area contributed by atoms with E-state index in [1.54, 1.807) is 6.07 Å². The molecule has 0 bridgehead atoms. The van der Waals surface area contributed by atoms with E-state index in [1.807, 2.05) is 36.4 Å². The monoisotopic (exact) mass is 572 g/mol. The van der Waals surface area contributed by atoms with Crippen molar-refractivity contribution in [2.45, 2.75) is 49.5 Å². The Morgan fingerprint density at radius 2 is 1.97 bits per heavy atom. The number of benzene rings is 2. The van der Waals surface area contributed by atoms with Gasteiger partial charge in [-0.1, -0.05) is 70.9 Å². The van der Waals surface area contributed by atoms with Crippen LogP contribution in [0.25, 0.3) is 0 Å². The van der Waals surface area contributed by atoms with Crippen molar-refractivity contribution in [1.82, 2.24) is 9.88 Å². The summed E-state index contributed by atoms with van der Waals surface area (Å²) in [4.78, 5) is 6.55. The van der Waals surface area contributed by atoms with Gasteiger partial charge in [0.1, 0.15) is 10.9 Å². The van der Waals surface area contributed by atoms with Crippen LogP contribution in [0.15, 0.2) is 59.1 Å². The normalized spacial score (nSPS) is 27.5. The van der Waals surface area contributed by atoms with Crippen molar-refractivity contribution >= 4 is 27.5 Å². The standard InChI is InChI=1S/C28H30BrClN2O4/c1-5-32(3)16(2)17-7-6-8-18(13-17)21-14-23(33)27(34)25-22(15-24(30)31-26(25)35-4)36-28(21,27)19-9-11-20(29)12-10-19/h6-13,15-16,21,23,33-34H,5,14H2,1-4H3/t16?,21-,23+,27+,28-/m0/s1. The van der Waals surface area contributed by atoms with Gasteiger partial charge < -0.3 is 19.7 Å². The molecule has 6 nitrogen and oxygen atoms in total. The van der Waals surface area contributed by atoms with Gasteiger partial charge in [0.05, 0.1) is 18.8 Å². The second kappa shape index (κ2) is 9.30. The molecule has 0 spiro atoms. The Labute approximate surface area is 225 Å². The molecule has 1 unspecified atom stereocenters. The van der Waals surface area contributed by atoms with Gasteiger partial charge in [0, 0.05) is 22.5 Å². The fraction of sp³-hybridized carbons (Fsp3) is 0.393. The molecule has 1 aliphatic heterocycles. The third kappa shape index (κ3) is 3.59. The van der Waals surface area contributed by atoms with Crippen LogP contribution < -0.4 is 9.47 Å². The lowest BCUT2D eigenvalue weighted by atomic mass is 9.71. The maximum Gasteiger partial charge on any atom is 0.224 e. The van der Waals surface area contributed by atoms with Gasteiger partial charge in [0.2, 0.25) is 5.88 Å². The van der Waals surface area contributed by atoms with Gasteiger partial charge in [-0.25, -0.2) is 4.98 Å². The Morgan fingerprint density at radius 1 is 1.25 bits per heavy atom. The Hall–Kier alpha value is -2.16. The highest BCUT2D eigenvalue weighted by molar-refractivity contribution is 9.10. The van der Waals surface area contributed by atoms with Crippen LogP contribution in [0, 0.1) is 0 Å². The number of methoxy groups -OCH3 is 1. The van der Waals surface area contributed by atoms with E-state index in [0.717, 1.165) is 27.7 Å². The largest absolute Gasteiger partial charge is 0.481 e. The molecular weight excluding hydrogens is 544 g/mol. The predicted molar refractivity (Wildman–Crippen MR) is 143 cm³/mol. The molecular formula is C28H30BrClN2O4. The molecule has 1 aromatic heterocycles. The lowest BCUT2D eigenvalue weighted by Gasteiger charge is -2.40. The summed E-state index contributed by atoms with van der Waals surface area (Å²) in [6.45, 7) is 5.22. The molecule has 0 radical (unpaired) electrons. The molecule has 0 amide bonds. The first-order chi connectivity index (χ1) is 17.2. The number of pyridine rings is 1. The molecule has 0 saturated heterocycles. The van der Waals surface area contributed by atoms with Crippen molar-refractivity contribution in [3.05, 3.63) is 86.5 Å². The number of ether oxygens (including phenoxy) is 2. The van der Waals surface area contributed by atoms with Crippen molar-refractivity contribution in [3.63, 3.8) is 0 Å². The van der Waals surface area contributed by atoms with Gasteiger partial charge in [0.25, 0.3) is 0 Å². The summed E-state index contributed by atoms with van der Waals surface area (Å²) in [6.07, 6.45) is -0.845. The first-order valence-electron chi connectivity index (χ1n) is 12.1. The SMILES string of the molecule is CCN(C)C(C)c1cccc([C@@H]2C[C@@H](O)[C@@]3(O)c4c(cc(Cl)nc4OC)O[C@@]23c2ccc(Br)cc2)c1. The van der Waals surface area contributed by atoms with E-state index in [2.05, 4.69) is 58.8 Å². The lowest BCUT2D eigenvalue weighted by molar-refractivity contribution is -0.150. The van der Waals surface area contributed by atoms with Crippen LogP contribution in [0.3, 0.4) is 0 Å². The number of rotatable bonds is 6. The number of nitrogens with zero attached hydrogens (tertiary/aromatic N) is 2.